The maximum atomic E-state index is 11.6. The van der Waals surface area contributed by atoms with E-state index in [-0.39, 0.29) is 24.0 Å². The highest BCUT2D eigenvalue weighted by atomic mass is 16.5. The second-order valence-corrected chi connectivity index (χ2v) is 4.35. The minimum Gasteiger partial charge on any atom is -0.467 e. The first-order valence-electron chi connectivity index (χ1n) is 5.98. The maximum Gasteiger partial charge on any atom is 0.328 e. The van der Waals surface area contributed by atoms with E-state index in [0.29, 0.717) is 6.42 Å². The molecule has 1 N–H and O–H groups in total. The van der Waals surface area contributed by atoms with E-state index < -0.39 is 12.0 Å². The van der Waals surface area contributed by atoms with Crippen LogP contribution in [0, 0.1) is 5.92 Å². The van der Waals surface area contributed by atoms with Crippen LogP contribution in [0.2, 0.25) is 0 Å². The summed E-state index contributed by atoms with van der Waals surface area (Å²) in [4.78, 5) is 34.3. The zero-order chi connectivity index (χ0) is 12.8. The van der Waals surface area contributed by atoms with Gasteiger partial charge in [0.15, 0.2) is 0 Å². The highest BCUT2D eigenvalue weighted by Crippen LogP contribution is 2.30. The van der Waals surface area contributed by atoms with Gasteiger partial charge in [-0.2, -0.15) is 0 Å². The van der Waals surface area contributed by atoms with E-state index in [1.165, 1.54) is 7.11 Å². The number of Topliss-reactive ketones (excluding diaryl/α,β-unsaturated/α-hetero) is 1. The van der Waals surface area contributed by atoms with Crippen molar-refractivity contribution in [3.8, 4) is 0 Å². The molecule has 0 aliphatic heterocycles. The van der Waals surface area contributed by atoms with Crippen molar-refractivity contribution in [3.05, 3.63) is 0 Å². The van der Waals surface area contributed by atoms with Crippen molar-refractivity contribution in [3.63, 3.8) is 0 Å². The van der Waals surface area contributed by atoms with Gasteiger partial charge in [-0.05, 0) is 19.3 Å². The summed E-state index contributed by atoms with van der Waals surface area (Å²) in [5.41, 5.74) is 0. The van der Waals surface area contributed by atoms with Crippen LogP contribution < -0.4 is 5.32 Å². The molecule has 0 heterocycles. The van der Waals surface area contributed by atoms with Crippen LogP contribution in [0.4, 0.5) is 0 Å². The molecule has 1 aliphatic carbocycles. The van der Waals surface area contributed by atoms with Crippen molar-refractivity contribution >= 4 is 17.7 Å². The van der Waals surface area contributed by atoms with Crippen LogP contribution in [0.15, 0.2) is 0 Å². The van der Waals surface area contributed by atoms with E-state index in [9.17, 15) is 14.4 Å². The fourth-order valence-electron chi connectivity index (χ4n) is 1.63. The fourth-order valence-corrected chi connectivity index (χ4v) is 1.63. The number of ether oxygens (including phenoxy) is 1. The second kappa shape index (κ2) is 6.37. The predicted molar refractivity (Wildman–Crippen MR) is 61.2 cm³/mol. The summed E-state index contributed by atoms with van der Waals surface area (Å²) < 4.78 is 4.59. The van der Waals surface area contributed by atoms with Crippen molar-refractivity contribution in [2.24, 2.45) is 5.92 Å². The van der Waals surface area contributed by atoms with Crippen LogP contribution in [-0.4, -0.2) is 30.8 Å². The number of amides is 1. The van der Waals surface area contributed by atoms with Gasteiger partial charge in [0.2, 0.25) is 5.91 Å². The first-order valence-corrected chi connectivity index (χ1v) is 5.98. The summed E-state index contributed by atoms with van der Waals surface area (Å²) in [6, 6.07) is -0.635. The number of hydrogen-bond donors (Lipinski definition) is 1. The number of nitrogens with one attached hydrogen (secondary N) is 1. The van der Waals surface area contributed by atoms with E-state index in [1.54, 1.807) is 0 Å². The van der Waals surface area contributed by atoms with Crippen molar-refractivity contribution in [2.75, 3.05) is 7.11 Å². The molecule has 1 fully saturated rings. The molecule has 1 amide bonds. The molecule has 0 aromatic carbocycles. The predicted octanol–water partition coefficient (Wildman–Crippen LogP) is 0.813. The molecule has 0 saturated heterocycles. The topological polar surface area (TPSA) is 72.5 Å². The molecular weight excluding hydrogens is 222 g/mol. The monoisotopic (exact) mass is 241 g/mol. The number of ketones is 1. The standard InChI is InChI=1S/C12H19NO4/c1-3-4-9(12(16)17-2)13-11(15)7-10(14)8-5-6-8/h8-9H,3-7H2,1-2H3,(H,13,15). The minimum atomic E-state index is -0.635. The number of hydrogen-bond acceptors (Lipinski definition) is 4. The summed E-state index contributed by atoms with van der Waals surface area (Å²) >= 11 is 0. The molecule has 0 aromatic heterocycles. The molecule has 0 spiro atoms. The highest BCUT2D eigenvalue weighted by Gasteiger charge is 2.31. The smallest absolute Gasteiger partial charge is 0.328 e. The van der Waals surface area contributed by atoms with Gasteiger partial charge in [-0.1, -0.05) is 13.3 Å². The Morgan fingerprint density at radius 2 is 2.00 bits per heavy atom. The van der Waals surface area contributed by atoms with Gasteiger partial charge in [-0.25, -0.2) is 4.79 Å². The molecule has 5 heteroatoms. The second-order valence-electron chi connectivity index (χ2n) is 4.35. The van der Waals surface area contributed by atoms with Crippen LogP contribution in [0.3, 0.4) is 0 Å². The molecule has 0 aromatic rings. The third kappa shape index (κ3) is 4.54. The molecule has 96 valence electrons. The first kappa shape index (κ1) is 13.7. The molecule has 5 nitrogen and oxygen atoms in total. The number of carbonyl (C=O) groups excluding carboxylic acids is 3. The Hall–Kier alpha value is -1.39. The van der Waals surface area contributed by atoms with Gasteiger partial charge in [-0.3, -0.25) is 9.59 Å². The third-order valence-corrected chi connectivity index (χ3v) is 2.77. The zero-order valence-electron chi connectivity index (χ0n) is 10.3. The normalized spacial score (nSPS) is 16.1. The third-order valence-electron chi connectivity index (χ3n) is 2.77. The van der Waals surface area contributed by atoms with Crippen molar-refractivity contribution < 1.29 is 19.1 Å². The molecule has 0 bridgehead atoms. The van der Waals surface area contributed by atoms with Gasteiger partial charge >= 0.3 is 5.97 Å². The Bertz CT molecular complexity index is 310. The van der Waals surface area contributed by atoms with Gasteiger partial charge in [0.1, 0.15) is 11.8 Å². The van der Waals surface area contributed by atoms with Crippen LogP contribution >= 0.6 is 0 Å². The van der Waals surface area contributed by atoms with Gasteiger partial charge in [0.25, 0.3) is 0 Å². The first-order chi connectivity index (χ1) is 8.08. The highest BCUT2D eigenvalue weighted by molar-refractivity contribution is 6.01. The molecule has 1 atom stereocenters. The summed E-state index contributed by atoms with van der Waals surface area (Å²) in [6.45, 7) is 1.91. The Labute approximate surface area is 101 Å². The Balaban J connectivity index is 2.39. The van der Waals surface area contributed by atoms with E-state index in [1.807, 2.05) is 6.92 Å². The number of methoxy groups -OCH3 is 1. The quantitative estimate of drug-likeness (QED) is 0.529. The number of carbonyl (C=O) groups is 3. The van der Waals surface area contributed by atoms with Crippen molar-refractivity contribution in [2.45, 2.75) is 45.1 Å². The van der Waals surface area contributed by atoms with Crippen LogP contribution in [0.25, 0.3) is 0 Å². The largest absolute Gasteiger partial charge is 0.467 e. The van der Waals surface area contributed by atoms with Crippen molar-refractivity contribution in [1.29, 1.82) is 0 Å². The van der Waals surface area contributed by atoms with Gasteiger partial charge in [0.05, 0.1) is 13.5 Å². The molecule has 1 rings (SSSR count). The molecule has 1 aliphatic rings. The van der Waals surface area contributed by atoms with E-state index >= 15 is 0 Å². The zero-order valence-corrected chi connectivity index (χ0v) is 10.3. The lowest BCUT2D eigenvalue weighted by molar-refractivity contribution is -0.145. The summed E-state index contributed by atoms with van der Waals surface area (Å²) in [5, 5.41) is 2.55. The minimum absolute atomic E-state index is 0.0254. The average molecular weight is 241 g/mol. The molecule has 1 saturated carbocycles. The molecule has 0 radical (unpaired) electrons. The number of esters is 1. The lowest BCUT2D eigenvalue weighted by Gasteiger charge is -2.15. The molecular formula is C12H19NO4. The SMILES string of the molecule is CCCC(NC(=O)CC(=O)C1CC1)C(=O)OC. The summed E-state index contributed by atoms with van der Waals surface area (Å²) in [5.74, 6) is -0.795. The summed E-state index contributed by atoms with van der Waals surface area (Å²) in [6.07, 6.45) is 2.94. The lowest BCUT2D eigenvalue weighted by atomic mass is 10.1. The Kier molecular flexibility index (Phi) is 5.12. The Morgan fingerprint density at radius 1 is 1.35 bits per heavy atom. The van der Waals surface area contributed by atoms with E-state index in [2.05, 4.69) is 10.1 Å². The average Bonchev–Trinajstić information content (AvgIpc) is 3.11. The maximum absolute atomic E-state index is 11.6. The van der Waals surface area contributed by atoms with Crippen LogP contribution in [0.5, 0.6) is 0 Å². The van der Waals surface area contributed by atoms with E-state index in [4.69, 9.17) is 0 Å². The van der Waals surface area contributed by atoms with Crippen LogP contribution in [0.1, 0.15) is 39.0 Å². The summed E-state index contributed by atoms with van der Waals surface area (Å²) in [7, 11) is 1.28. The van der Waals surface area contributed by atoms with Gasteiger partial charge < -0.3 is 10.1 Å². The molecule has 17 heavy (non-hydrogen) atoms. The van der Waals surface area contributed by atoms with E-state index in [0.717, 1.165) is 19.3 Å². The van der Waals surface area contributed by atoms with Crippen LogP contribution in [-0.2, 0) is 19.1 Å². The fraction of sp³-hybridized carbons (Fsp3) is 0.750. The van der Waals surface area contributed by atoms with Gasteiger partial charge in [0, 0.05) is 5.92 Å². The number of rotatable bonds is 7. The molecule has 1 unspecified atom stereocenters. The van der Waals surface area contributed by atoms with Crippen molar-refractivity contribution in [1.82, 2.24) is 5.32 Å². The lowest BCUT2D eigenvalue weighted by Crippen LogP contribution is -2.42. The Morgan fingerprint density at radius 3 is 2.47 bits per heavy atom. The van der Waals surface area contributed by atoms with Gasteiger partial charge in [-0.15, -0.1) is 0 Å².